The Labute approximate surface area is 303 Å². The van der Waals surface area contributed by atoms with Gasteiger partial charge in [-0.25, -0.2) is 4.39 Å². The van der Waals surface area contributed by atoms with E-state index < -0.39 is 76.7 Å². The van der Waals surface area contributed by atoms with Gasteiger partial charge in [0.2, 0.25) is 5.78 Å². The van der Waals surface area contributed by atoms with E-state index in [2.05, 4.69) is 5.32 Å². The van der Waals surface area contributed by atoms with Crippen molar-refractivity contribution in [2.45, 2.75) is 76.2 Å². The van der Waals surface area contributed by atoms with Gasteiger partial charge in [-0.05, 0) is 74.9 Å². The van der Waals surface area contributed by atoms with Crippen LogP contribution in [0.15, 0.2) is 78.4 Å². The highest BCUT2D eigenvalue weighted by molar-refractivity contribution is 6.01. The molecule has 1 amide bonds. The molecule has 1 aliphatic heterocycles. The van der Waals surface area contributed by atoms with Gasteiger partial charge in [-0.15, -0.1) is 0 Å². The van der Waals surface area contributed by atoms with Crippen LogP contribution in [0.3, 0.4) is 0 Å². The number of anilines is 1. The summed E-state index contributed by atoms with van der Waals surface area (Å²) in [6.45, 7) is 4.60. The summed E-state index contributed by atoms with van der Waals surface area (Å²) in [6, 6.07) is 16.2. The molecule has 276 valence electrons. The smallest absolute Gasteiger partial charge is 0.310 e. The fourth-order valence-corrected chi connectivity index (χ4v) is 9.94. The lowest BCUT2D eigenvalue weighted by Crippen LogP contribution is -2.69. The number of Topliss-reactive ketones (excluding diaryl/α,β-unsaturated/α-hetero) is 1. The van der Waals surface area contributed by atoms with Crippen molar-refractivity contribution in [3.05, 3.63) is 89.5 Å². The van der Waals surface area contributed by atoms with Gasteiger partial charge < -0.3 is 29.5 Å². The molecular weight excluding hydrogens is 667 g/mol. The molecular formula is C41H47FN2O8. The number of carbonyl (C=O) groups excluding carboxylic acids is 4. The molecule has 10 nitrogen and oxygen atoms in total. The van der Waals surface area contributed by atoms with E-state index in [1.54, 1.807) is 50.3 Å². The minimum atomic E-state index is -2.10. The number of hydrogen-bond acceptors (Lipinski definition) is 9. The second-order valence-electron chi connectivity index (χ2n) is 15.8. The van der Waals surface area contributed by atoms with Crippen molar-refractivity contribution in [1.29, 1.82) is 0 Å². The molecule has 1 saturated heterocycles. The third-order valence-electron chi connectivity index (χ3n) is 12.8. The molecule has 10 atom stereocenters. The number of nitrogens with zero attached hydrogens (tertiary/aromatic N) is 1. The van der Waals surface area contributed by atoms with Gasteiger partial charge in [0.1, 0.15) is 0 Å². The molecule has 52 heavy (non-hydrogen) atoms. The van der Waals surface area contributed by atoms with Crippen LogP contribution in [0, 0.1) is 28.6 Å². The Hall–Kier alpha value is -4.19. The van der Waals surface area contributed by atoms with E-state index in [0.29, 0.717) is 36.0 Å². The Balaban J connectivity index is 1.16. The van der Waals surface area contributed by atoms with Gasteiger partial charge in [0.15, 0.2) is 29.9 Å². The number of allylic oxidation sites excluding steroid dienone is 4. The van der Waals surface area contributed by atoms with Crippen LogP contribution in [0.1, 0.15) is 68.7 Å². The van der Waals surface area contributed by atoms with Gasteiger partial charge >= 0.3 is 5.97 Å². The zero-order valence-electron chi connectivity index (χ0n) is 30.3. The Morgan fingerprint density at radius 2 is 1.79 bits per heavy atom. The standard InChI is InChI=1S/C41H47FN2O8/c1-24(22-43-35(48)25-9-7-6-8-10-25)36(49)50-23-33(47)41-34(51-37(52-41)26-11-14-28(15-12-26)44(4)5)20-31-30-16-13-27-19-29(45)17-18-38(27,2)40(30,42)32(46)21-39(31,41)3/h6-12,14-15,17-19,24,30-32,34,37,46H,13,16,20-23H2,1-5H3,(H,43,48)/t24?,30-,31-,32?,34?,37?,38-,39-,40-,41+/m0/s1. The summed E-state index contributed by atoms with van der Waals surface area (Å²) < 4.78 is 36.9. The summed E-state index contributed by atoms with van der Waals surface area (Å²) in [7, 11) is 3.86. The van der Waals surface area contributed by atoms with Gasteiger partial charge in [-0.2, -0.15) is 0 Å². The van der Waals surface area contributed by atoms with Crippen molar-refractivity contribution in [2.75, 3.05) is 32.1 Å². The zero-order chi connectivity index (χ0) is 37.2. The Morgan fingerprint density at radius 3 is 2.48 bits per heavy atom. The maximum absolute atomic E-state index is 17.9. The van der Waals surface area contributed by atoms with Crippen LogP contribution in [0.25, 0.3) is 0 Å². The molecule has 4 unspecified atom stereocenters. The van der Waals surface area contributed by atoms with Gasteiger partial charge in [0, 0.05) is 54.2 Å². The number of ether oxygens (including phenoxy) is 3. The maximum Gasteiger partial charge on any atom is 0.310 e. The number of fused-ring (bicyclic) bond motifs is 7. The van der Waals surface area contributed by atoms with Crippen LogP contribution in [0.4, 0.5) is 10.1 Å². The number of aliphatic hydroxyl groups excluding tert-OH is 1. The van der Waals surface area contributed by atoms with E-state index in [-0.39, 0.29) is 24.7 Å². The highest BCUT2D eigenvalue weighted by atomic mass is 19.1. The van der Waals surface area contributed by atoms with Crippen molar-refractivity contribution >= 4 is 29.1 Å². The Morgan fingerprint density at radius 1 is 1.08 bits per heavy atom. The number of esters is 1. The predicted molar refractivity (Wildman–Crippen MR) is 190 cm³/mol. The fourth-order valence-electron chi connectivity index (χ4n) is 9.94. The first kappa shape index (κ1) is 36.2. The summed E-state index contributed by atoms with van der Waals surface area (Å²) in [5.41, 5.74) is -3.27. The van der Waals surface area contributed by atoms with Crippen LogP contribution in [0.2, 0.25) is 0 Å². The number of ketones is 2. The normalized spacial score (nSPS) is 36.4. The topological polar surface area (TPSA) is 131 Å². The van der Waals surface area contributed by atoms with Crippen molar-refractivity contribution in [3.63, 3.8) is 0 Å². The minimum absolute atomic E-state index is 0.000633. The van der Waals surface area contributed by atoms with E-state index in [0.717, 1.165) is 5.69 Å². The quantitative estimate of drug-likeness (QED) is 0.342. The molecule has 4 aliphatic carbocycles. The average molecular weight is 715 g/mol. The Bertz CT molecular complexity index is 1830. The summed E-state index contributed by atoms with van der Waals surface area (Å²) in [6.07, 6.45) is 2.29. The number of nitrogens with one attached hydrogen (secondary N) is 1. The number of alkyl halides is 1. The van der Waals surface area contributed by atoms with Crippen LogP contribution in [-0.2, 0) is 28.6 Å². The molecule has 2 N–H and O–H groups in total. The first-order valence-corrected chi connectivity index (χ1v) is 18.1. The molecule has 2 aromatic rings. The van der Waals surface area contributed by atoms with Crippen molar-refractivity contribution in [3.8, 4) is 0 Å². The molecule has 4 fully saturated rings. The summed E-state index contributed by atoms with van der Waals surface area (Å²) in [5.74, 6) is -3.58. The van der Waals surface area contributed by atoms with Crippen molar-refractivity contribution in [2.24, 2.45) is 28.6 Å². The lowest BCUT2D eigenvalue weighted by Gasteiger charge is -2.62. The van der Waals surface area contributed by atoms with E-state index in [1.165, 1.54) is 12.2 Å². The third kappa shape index (κ3) is 5.38. The lowest BCUT2D eigenvalue weighted by molar-refractivity contribution is -0.231. The highest BCUT2D eigenvalue weighted by Crippen LogP contribution is 2.72. The van der Waals surface area contributed by atoms with Crippen LogP contribution < -0.4 is 10.2 Å². The molecule has 0 aromatic heterocycles. The van der Waals surface area contributed by atoms with E-state index in [1.807, 2.05) is 50.2 Å². The molecule has 0 radical (unpaired) electrons. The largest absolute Gasteiger partial charge is 0.457 e. The Kier molecular flexibility index (Phi) is 9.07. The van der Waals surface area contributed by atoms with Gasteiger partial charge in [-0.3, -0.25) is 19.2 Å². The third-order valence-corrected chi connectivity index (χ3v) is 12.8. The predicted octanol–water partition coefficient (Wildman–Crippen LogP) is 5.06. The maximum atomic E-state index is 17.9. The second-order valence-corrected chi connectivity index (χ2v) is 15.8. The number of amides is 1. The number of benzene rings is 2. The van der Waals surface area contributed by atoms with Crippen molar-refractivity contribution in [1.82, 2.24) is 5.32 Å². The number of halogens is 1. The summed E-state index contributed by atoms with van der Waals surface area (Å²) in [4.78, 5) is 54.7. The van der Waals surface area contributed by atoms with E-state index in [9.17, 15) is 24.3 Å². The number of aliphatic hydroxyl groups is 1. The summed E-state index contributed by atoms with van der Waals surface area (Å²) >= 11 is 0. The van der Waals surface area contributed by atoms with Gasteiger partial charge in [0.25, 0.3) is 5.91 Å². The van der Waals surface area contributed by atoms with E-state index in [4.69, 9.17) is 14.2 Å². The van der Waals surface area contributed by atoms with Crippen LogP contribution >= 0.6 is 0 Å². The molecule has 7 rings (SSSR count). The first-order valence-electron chi connectivity index (χ1n) is 18.1. The number of rotatable bonds is 9. The van der Waals surface area contributed by atoms with Crippen molar-refractivity contribution < 1.29 is 42.9 Å². The van der Waals surface area contributed by atoms with Gasteiger partial charge in [-0.1, -0.05) is 55.8 Å². The zero-order valence-corrected chi connectivity index (χ0v) is 30.3. The monoisotopic (exact) mass is 714 g/mol. The molecule has 0 bridgehead atoms. The van der Waals surface area contributed by atoms with E-state index >= 15 is 4.39 Å². The number of carbonyl (C=O) groups is 4. The van der Waals surface area contributed by atoms with Crippen LogP contribution in [-0.4, -0.2) is 79.3 Å². The number of hydrogen-bond donors (Lipinski definition) is 2. The SMILES string of the molecule is CC(CNC(=O)c1ccccc1)C(=O)OCC(=O)[C@@]12OC(c3ccc(N(C)C)cc3)OC1C[C@H]1[C@@H]3CCC4=CC(=O)C=C[C@]4(C)[C@@]3(F)C(O)C[C@@]12C. The second kappa shape index (κ2) is 13.0. The molecule has 0 spiro atoms. The molecule has 1 heterocycles. The highest BCUT2D eigenvalue weighted by Gasteiger charge is 2.79. The molecule has 5 aliphatic rings. The van der Waals surface area contributed by atoms with Crippen LogP contribution in [0.5, 0.6) is 0 Å². The first-order chi connectivity index (χ1) is 24.7. The molecule has 11 heteroatoms. The average Bonchev–Trinajstić information content (AvgIpc) is 3.63. The lowest BCUT2D eigenvalue weighted by atomic mass is 9.44. The molecule has 3 saturated carbocycles. The molecule has 2 aromatic carbocycles. The fraction of sp³-hybridized carbons (Fsp3) is 0.512. The minimum Gasteiger partial charge on any atom is -0.457 e. The summed E-state index contributed by atoms with van der Waals surface area (Å²) in [5, 5.41) is 14.7. The van der Waals surface area contributed by atoms with Gasteiger partial charge in [0.05, 0.1) is 18.1 Å².